The molecule has 0 aliphatic carbocycles. The minimum absolute atomic E-state index is 1.08. The minimum atomic E-state index is 1.08. The summed E-state index contributed by atoms with van der Waals surface area (Å²) in [5.41, 5.74) is 4.71. The topological polar surface area (TPSA) is 28.7 Å². The summed E-state index contributed by atoms with van der Waals surface area (Å²) in [6.45, 7) is 2.10. The van der Waals surface area contributed by atoms with Crippen molar-refractivity contribution in [2.24, 2.45) is 0 Å². The third-order valence-corrected chi connectivity index (χ3v) is 2.79. The van der Waals surface area contributed by atoms with Gasteiger partial charge in [-0.2, -0.15) is 0 Å². The smallest absolute Gasteiger partial charge is 0.0645 e. The predicted molar refractivity (Wildman–Crippen MR) is 66.3 cm³/mol. The van der Waals surface area contributed by atoms with Gasteiger partial charge in [-0.25, -0.2) is 0 Å². The molecule has 78 valence electrons. The van der Waals surface area contributed by atoms with Gasteiger partial charge in [0.15, 0.2) is 0 Å². The highest BCUT2D eigenvalue weighted by atomic mass is 14.7. The molecule has 0 saturated carbocycles. The number of hydrogen-bond donors (Lipinski definition) is 1. The van der Waals surface area contributed by atoms with Crippen LogP contribution < -0.4 is 0 Å². The average molecular weight is 208 g/mol. The van der Waals surface area contributed by atoms with Gasteiger partial charge >= 0.3 is 0 Å². The van der Waals surface area contributed by atoms with Crippen molar-refractivity contribution in [3.63, 3.8) is 0 Å². The number of rotatable bonds is 1. The Labute approximate surface area is 94.0 Å². The maximum Gasteiger partial charge on any atom is 0.0645 e. The Bertz CT molecular complexity index is 588. The number of H-pyrrole nitrogens is 1. The average Bonchev–Trinajstić information content (AvgIpc) is 2.73. The molecule has 2 aromatic heterocycles. The van der Waals surface area contributed by atoms with Gasteiger partial charge in [-0.15, -0.1) is 0 Å². The molecule has 1 N–H and O–H groups in total. The second-order valence-electron chi connectivity index (χ2n) is 4.01. The van der Waals surface area contributed by atoms with Gasteiger partial charge in [0.1, 0.15) is 0 Å². The highest BCUT2D eigenvalue weighted by Gasteiger charge is 2.02. The number of pyridine rings is 1. The van der Waals surface area contributed by atoms with Gasteiger partial charge in [-0.3, -0.25) is 4.98 Å². The molecule has 0 aliphatic rings. The summed E-state index contributed by atoms with van der Waals surface area (Å²) in [5, 5.41) is 1.20. The van der Waals surface area contributed by atoms with Crippen molar-refractivity contribution in [1.29, 1.82) is 0 Å². The number of benzene rings is 1. The standard InChI is InChI=1S/C14H12N2/c1-10-2-4-11(5-3-10)13-8-12-6-7-15-9-14(12)16-13/h2-9,16H,1H3. The van der Waals surface area contributed by atoms with Crippen molar-refractivity contribution in [3.05, 3.63) is 54.4 Å². The molecular formula is C14H12N2. The SMILES string of the molecule is Cc1ccc(-c2cc3ccncc3[nH]2)cc1. The van der Waals surface area contributed by atoms with Crippen molar-refractivity contribution < 1.29 is 0 Å². The maximum atomic E-state index is 4.10. The molecule has 0 unspecified atom stereocenters. The van der Waals surface area contributed by atoms with Gasteiger partial charge in [0, 0.05) is 17.3 Å². The van der Waals surface area contributed by atoms with E-state index >= 15 is 0 Å². The molecule has 0 amide bonds. The molecule has 0 bridgehead atoms. The number of hydrogen-bond acceptors (Lipinski definition) is 1. The Morgan fingerprint density at radius 1 is 1.06 bits per heavy atom. The fourth-order valence-electron chi connectivity index (χ4n) is 1.86. The molecule has 1 aromatic carbocycles. The van der Waals surface area contributed by atoms with E-state index in [4.69, 9.17) is 0 Å². The van der Waals surface area contributed by atoms with E-state index in [0.29, 0.717) is 0 Å². The third kappa shape index (κ3) is 1.48. The van der Waals surface area contributed by atoms with Crippen LogP contribution in [0.5, 0.6) is 0 Å². The maximum absolute atomic E-state index is 4.10. The Morgan fingerprint density at radius 2 is 1.88 bits per heavy atom. The minimum Gasteiger partial charge on any atom is -0.353 e. The van der Waals surface area contributed by atoms with Gasteiger partial charge in [-0.05, 0) is 24.6 Å². The molecule has 0 saturated heterocycles. The first-order chi connectivity index (χ1) is 7.83. The van der Waals surface area contributed by atoms with Crippen LogP contribution in [0, 0.1) is 6.92 Å². The third-order valence-electron chi connectivity index (χ3n) is 2.79. The van der Waals surface area contributed by atoms with Crippen LogP contribution in [0.25, 0.3) is 22.2 Å². The zero-order valence-corrected chi connectivity index (χ0v) is 9.07. The first-order valence-corrected chi connectivity index (χ1v) is 5.33. The first kappa shape index (κ1) is 9.16. The van der Waals surface area contributed by atoms with Crippen LogP contribution in [-0.4, -0.2) is 9.97 Å². The lowest BCUT2D eigenvalue weighted by atomic mass is 10.1. The number of aromatic nitrogens is 2. The van der Waals surface area contributed by atoms with Crippen molar-refractivity contribution in [2.45, 2.75) is 6.92 Å². The molecule has 0 radical (unpaired) electrons. The summed E-state index contributed by atoms with van der Waals surface area (Å²) < 4.78 is 0. The Balaban J connectivity index is 2.15. The van der Waals surface area contributed by atoms with Gasteiger partial charge in [0.2, 0.25) is 0 Å². The monoisotopic (exact) mass is 208 g/mol. The van der Waals surface area contributed by atoms with Crippen molar-refractivity contribution in [1.82, 2.24) is 9.97 Å². The molecule has 0 atom stereocenters. The Kier molecular flexibility index (Phi) is 2.00. The summed E-state index contributed by atoms with van der Waals surface area (Å²) in [7, 11) is 0. The molecular weight excluding hydrogens is 196 g/mol. The van der Waals surface area contributed by atoms with Crippen molar-refractivity contribution in [3.8, 4) is 11.3 Å². The van der Waals surface area contributed by atoms with E-state index < -0.39 is 0 Å². The molecule has 0 aliphatic heterocycles. The van der Waals surface area contributed by atoms with E-state index in [1.54, 1.807) is 0 Å². The summed E-state index contributed by atoms with van der Waals surface area (Å²) in [4.78, 5) is 7.47. The second kappa shape index (κ2) is 3.49. The van der Waals surface area contributed by atoms with Crippen LogP contribution in [0.3, 0.4) is 0 Å². The highest BCUT2D eigenvalue weighted by Crippen LogP contribution is 2.23. The number of nitrogens with one attached hydrogen (secondary N) is 1. The van der Waals surface area contributed by atoms with Crippen LogP contribution >= 0.6 is 0 Å². The second-order valence-corrected chi connectivity index (χ2v) is 4.01. The van der Waals surface area contributed by atoms with Crippen LogP contribution in [0.15, 0.2) is 48.8 Å². The molecule has 2 heteroatoms. The van der Waals surface area contributed by atoms with E-state index in [1.807, 2.05) is 18.5 Å². The van der Waals surface area contributed by atoms with Crippen LogP contribution in [0.1, 0.15) is 5.56 Å². The Hall–Kier alpha value is -2.09. The molecule has 3 rings (SSSR count). The van der Waals surface area contributed by atoms with Crippen molar-refractivity contribution in [2.75, 3.05) is 0 Å². The van der Waals surface area contributed by atoms with Gasteiger partial charge in [-0.1, -0.05) is 29.8 Å². The van der Waals surface area contributed by atoms with E-state index in [9.17, 15) is 0 Å². The molecule has 3 aromatic rings. The van der Waals surface area contributed by atoms with E-state index in [2.05, 4.69) is 47.2 Å². The summed E-state index contributed by atoms with van der Waals surface area (Å²) in [5.74, 6) is 0. The van der Waals surface area contributed by atoms with E-state index in [1.165, 1.54) is 16.5 Å². The number of fused-ring (bicyclic) bond motifs is 1. The zero-order valence-electron chi connectivity index (χ0n) is 9.07. The van der Waals surface area contributed by atoms with E-state index in [0.717, 1.165) is 11.2 Å². The Morgan fingerprint density at radius 3 is 2.62 bits per heavy atom. The molecule has 2 nitrogen and oxygen atoms in total. The van der Waals surface area contributed by atoms with E-state index in [-0.39, 0.29) is 0 Å². The van der Waals surface area contributed by atoms with Crippen LogP contribution in [0.4, 0.5) is 0 Å². The van der Waals surface area contributed by atoms with Gasteiger partial charge in [0.05, 0.1) is 11.7 Å². The lowest BCUT2D eigenvalue weighted by Gasteiger charge is -1.97. The molecule has 0 fully saturated rings. The zero-order chi connectivity index (χ0) is 11.0. The van der Waals surface area contributed by atoms with Gasteiger partial charge < -0.3 is 4.98 Å². The quantitative estimate of drug-likeness (QED) is 0.651. The fourth-order valence-corrected chi connectivity index (χ4v) is 1.86. The lowest BCUT2D eigenvalue weighted by Crippen LogP contribution is -1.77. The van der Waals surface area contributed by atoms with Gasteiger partial charge in [0.25, 0.3) is 0 Å². The van der Waals surface area contributed by atoms with Crippen LogP contribution in [0.2, 0.25) is 0 Å². The normalized spacial score (nSPS) is 10.8. The first-order valence-electron chi connectivity index (χ1n) is 5.33. The highest BCUT2D eigenvalue weighted by molar-refractivity contribution is 5.84. The number of nitrogens with zero attached hydrogens (tertiary/aromatic N) is 1. The van der Waals surface area contributed by atoms with Crippen LogP contribution in [-0.2, 0) is 0 Å². The van der Waals surface area contributed by atoms with Crippen molar-refractivity contribution >= 4 is 10.9 Å². The number of aromatic amines is 1. The fraction of sp³-hybridized carbons (Fsp3) is 0.0714. The lowest BCUT2D eigenvalue weighted by molar-refractivity contribution is 1.34. The summed E-state index contributed by atoms with van der Waals surface area (Å²) >= 11 is 0. The molecule has 0 spiro atoms. The largest absolute Gasteiger partial charge is 0.353 e. The summed E-state index contributed by atoms with van der Waals surface area (Å²) in [6, 6.07) is 12.7. The molecule has 2 heterocycles. The number of aryl methyl sites for hydroxylation is 1. The predicted octanol–water partition coefficient (Wildman–Crippen LogP) is 3.54. The summed E-state index contributed by atoms with van der Waals surface area (Å²) in [6.07, 6.45) is 3.67. The molecule has 16 heavy (non-hydrogen) atoms.